The number of halogens is 3. The van der Waals surface area contributed by atoms with Crippen molar-refractivity contribution in [3.8, 4) is 11.5 Å². The van der Waals surface area contributed by atoms with E-state index in [2.05, 4.69) is 17.4 Å². The molecule has 5 nitrogen and oxygen atoms in total. The van der Waals surface area contributed by atoms with Gasteiger partial charge in [0.15, 0.2) is 18.1 Å². The molecule has 0 radical (unpaired) electrons. The Bertz CT molecular complexity index is 881. The zero-order valence-electron chi connectivity index (χ0n) is 18.0. The van der Waals surface area contributed by atoms with Crippen LogP contribution in [0.3, 0.4) is 0 Å². The first-order valence-corrected chi connectivity index (χ1v) is 10.6. The number of benzene rings is 2. The quantitative estimate of drug-likeness (QED) is 0.613. The maximum absolute atomic E-state index is 12.5. The van der Waals surface area contributed by atoms with Gasteiger partial charge >= 0.3 is 6.18 Å². The Labute approximate surface area is 185 Å². The standard InChI is InChI=1S/C24H28F3NO4/c1-30-21-15-18(7-9-20(21)32-17-24(25,26)27)8-10-22(29)28-16-23(11-13-31-14-12-23)19-5-3-2-4-6-19/h2-7,9,15H,8,10-14,16-17H2,1H3,(H,28,29). The number of methoxy groups -OCH3 is 1. The highest BCUT2D eigenvalue weighted by Gasteiger charge is 2.34. The van der Waals surface area contributed by atoms with E-state index in [9.17, 15) is 18.0 Å². The lowest BCUT2D eigenvalue weighted by molar-refractivity contribution is -0.153. The first-order chi connectivity index (χ1) is 15.3. The SMILES string of the molecule is COc1cc(CCC(=O)NCC2(c3ccccc3)CCOCC2)ccc1OCC(F)(F)F. The topological polar surface area (TPSA) is 56.8 Å². The van der Waals surface area contributed by atoms with E-state index < -0.39 is 12.8 Å². The van der Waals surface area contributed by atoms with Crippen molar-refractivity contribution in [3.05, 3.63) is 59.7 Å². The number of carbonyl (C=O) groups excluding carboxylic acids is 1. The van der Waals surface area contributed by atoms with Gasteiger partial charge in [0.2, 0.25) is 5.91 Å². The molecule has 0 aliphatic carbocycles. The van der Waals surface area contributed by atoms with Crippen LogP contribution in [0.1, 0.15) is 30.4 Å². The average Bonchev–Trinajstić information content (AvgIpc) is 2.81. The lowest BCUT2D eigenvalue weighted by Crippen LogP contribution is -2.44. The summed E-state index contributed by atoms with van der Waals surface area (Å²) < 4.78 is 52.6. The number of nitrogens with one attached hydrogen (secondary N) is 1. The molecule has 0 aromatic heterocycles. The fraction of sp³-hybridized carbons (Fsp3) is 0.458. The fourth-order valence-electron chi connectivity index (χ4n) is 3.88. The van der Waals surface area contributed by atoms with Crippen LogP contribution in [0.15, 0.2) is 48.5 Å². The van der Waals surface area contributed by atoms with E-state index in [4.69, 9.17) is 14.2 Å². The minimum atomic E-state index is -4.43. The Morgan fingerprint density at radius 1 is 1.09 bits per heavy atom. The molecule has 1 aliphatic heterocycles. The summed E-state index contributed by atoms with van der Waals surface area (Å²) in [5.74, 6) is 0.142. The first kappa shape index (κ1) is 23.9. The predicted molar refractivity (Wildman–Crippen MR) is 114 cm³/mol. The van der Waals surface area contributed by atoms with Gasteiger partial charge in [-0.3, -0.25) is 4.79 Å². The Hall–Kier alpha value is -2.74. The van der Waals surface area contributed by atoms with Crippen LogP contribution < -0.4 is 14.8 Å². The summed E-state index contributed by atoms with van der Waals surface area (Å²) in [7, 11) is 1.36. The van der Waals surface area contributed by atoms with Crippen molar-refractivity contribution in [1.82, 2.24) is 5.32 Å². The summed E-state index contributed by atoms with van der Waals surface area (Å²) in [5.41, 5.74) is 1.83. The molecule has 1 saturated heterocycles. The summed E-state index contributed by atoms with van der Waals surface area (Å²) in [6.07, 6.45) is -2.05. The van der Waals surface area contributed by atoms with Gasteiger partial charge in [-0.05, 0) is 42.5 Å². The lowest BCUT2D eigenvalue weighted by atomic mass is 9.74. The van der Waals surface area contributed by atoms with Crippen molar-refractivity contribution in [3.63, 3.8) is 0 Å². The maximum atomic E-state index is 12.5. The molecule has 1 aliphatic rings. The normalized spacial score (nSPS) is 15.8. The smallest absolute Gasteiger partial charge is 0.422 e. The summed E-state index contributed by atoms with van der Waals surface area (Å²) >= 11 is 0. The van der Waals surface area contributed by atoms with Gasteiger partial charge in [0.05, 0.1) is 7.11 Å². The molecule has 2 aromatic carbocycles. The number of ether oxygens (including phenoxy) is 3. The zero-order chi connectivity index (χ0) is 23.0. The number of alkyl halides is 3. The maximum Gasteiger partial charge on any atom is 0.422 e. The average molecular weight is 451 g/mol. The molecule has 0 atom stereocenters. The number of hydrogen-bond donors (Lipinski definition) is 1. The van der Waals surface area contributed by atoms with Crippen molar-refractivity contribution in [1.29, 1.82) is 0 Å². The summed E-state index contributed by atoms with van der Waals surface area (Å²) in [5, 5.41) is 3.06. The number of hydrogen-bond acceptors (Lipinski definition) is 4. The van der Waals surface area contributed by atoms with Crippen LogP contribution in [-0.4, -0.2) is 45.6 Å². The molecule has 0 bridgehead atoms. The summed E-state index contributed by atoms with van der Waals surface area (Å²) in [4.78, 5) is 12.5. The van der Waals surface area contributed by atoms with Crippen molar-refractivity contribution in [2.45, 2.75) is 37.3 Å². The largest absolute Gasteiger partial charge is 0.493 e. The third-order valence-electron chi connectivity index (χ3n) is 5.72. The number of carbonyl (C=O) groups is 1. The number of amides is 1. The van der Waals surface area contributed by atoms with Gasteiger partial charge in [-0.25, -0.2) is 0 Å². The second kappa shape index (κ2) is 10.7. The molecule has 0 spiro atoms. The molecule has 1 fully saturated rings. The van der Waals surface area contributed by atoms with Crippen LogP contribution >= 0.6 is 0 Å². The predicted octanol–water partition coefficient (Wildman–Crippen LogP) is 4.43. The van der Waals surface area contributed by atoms with E-state index in [1.54, 1.807) is 12.1 Å². The van der Waals surface area contributed by atoms with Crippen LogP contribution in [0.5, 0.6) is 11.5 Å². The molecule has 8 heteroatoms. The first-order valence-electron chi connectivity index (χ1n) is 10.6. The molecule has 1 N–H and O–H groups in total. The Balaban J connectivity index is 1.56. The number of aryl methyl sites for hydroxylation is 1. The highest BCUT2D eigenvalue weighted by Crippen LogP contribution is 2.34. The minimum Gasteiger partial charge on any atom is -0.493 e. The fourth-order valence-corrected chi connectivity index (χ4v) is 3.88. The van der Waals surface area contributed by atoms with E-state index in [1.165, 1.54) is 18.7 Å². The van der Waals surface area contributed by atoms with Crippen LogP contribution in [-0.2, 0) is 21.4 Å². The van der Waals surface area contributed by atoms with Gasteiger partial charge in [0.25, 0.3) is 0 Å². The molecule has 3 rings (SSSR count). The Morgan fingerprint density at radius 3 is 2.47 bits per heavy atom. The van der Waals surface area contributed by atoms with Crippen molar-refractivity contribution in [2.24, 2.45) is 0 Å². The van der Waals surface area contributed by atoms with Gasteiger partial charge in [-0.1, -0.05) is 36.4 Å². The van der Waals surface area contributed by atoms with E-state index in [0.29, 0.717) is 26.2 Å². The summed E-state index contributed by atoms with van der Waals surface area (Å²) in [6, 6.07) is 14.8. The zero-order valence-corrected chi connectivity index (χ0v) is 18.0. The van der Waals surface area contributed by atoms with Gasteiger partial charge in [-0.2, -0.15) is 13.2 Å². The molecule has 0 unspecified atom stereocenters. The highest BCUT2D eigenvalue weighted by molar-refractivity contribution is 5.76. The van der Waals surface area contributed by atoms with Crippen LogP contribution in [0.2, 0.25) is 0 Å². The highest BCUT2D eigenvalue weighted by atomic mass is 19.4. The second-order valence-electron chi connectivity index (χ2n) is 7.92. The molecule has 1 amide bonds. The monoisotopic (exact) mass is 451 g/mol. The van der Waals surface area contributed by atoms with Crippen molar-refractivity contribution < 1.29 is 32.2 Å². The molecule has 174 valence electrons. The minimum absolute atomic E-state index is 0.0161. The third-order valence-corrected chi connectivity index (χ3v) is 5.72. The van der Waals surface area contributed by atoms with E-state index in [1.807, 2.05) is 18.2 Å². The third kappa shape index (κ3) is 6.63. The Kier molecular flexibility index (Phi) is 8.01. The van der Waals surface area contributed by atoms with E-state index >= 15 is 0 Å². The summed E-state index contributed by atoms with van der Waals surface area (Å²) in [6.45, 7) is 0.465. The van der Waals surface area contributed by atoms with Gasteiger partial charge in [0.1, 0.15) is 0 Å². The van der Waals surface area contributed by atoms with Crippen LogP contribution in [0.4, 0.5) is 13.2 Å². The van der Waals surface area contributed by atoms with Gasteiger partial charge in [-0.15, -0.1) is 0 Å². The molecular formula is C24H28F3NO4. The van der Waals surface area contributed by atoms with E-state index in [0.717, 1.165) is 18.4 Å². The van der Waals surface area contributed by atoms with Crippen molar-refractivity contribution in [2.75, 3.05) is 33.5 Å². The molecule has 32 heavy (non-hydrogen) atoms. The second-order valence-corrected chi connectivity index (χ2v) is 7.92. The van der Waals surface area contributed by atoms with Crippen LogP contribution in [0, 0.1) is 0 Å². The number of rotatable bonds is 9. The molecule has 1 heterocycles. The lowest BCUT2D eigenvalue weighted by Gasteiger charge is -2.38. The van der Waals surface area contributed by atoms with E-state index in [-0.39, 0.29) is 29.2 Å². The van der Waals surface area contributed by atoms with Crippen molar-refractivity contribution >= 4 is 5.91 Å². The molecule has 2 aromatic rings. The Morgan fingerprint density at radius 2 is 1.81 bits per heavy atom. The van der Waals surface area contributed by atoms with Crippen LogP contribution in [0.25, 0.3) is 0 Å². The van der Waals surface area contributed by atoms with Gasteiger partial charge in [0, 0.05) is 31.6 Å². The van der Waals surface area contributed by atoms with Gasteiger partial charge < -0.3 is 19.5 Å². The molecular weight excluding hydrogens is 423 g/mol. The molecule has 0 saturated carbocycles.